The molecule has 0 radical (unpaired) electrons. The molecular weight excluding hydrogens is 398 g/mol. The number of benzene rings is 2. The van der Waals surface area contributed by atoms with Crippen molar-refractivity contribution in [3.8, 4) is 0 Å². The number of carbonyl (C=O) groups excluding carboxylic acids is 1. The highest BCUT2D eigenvalue weighted by atomic mass is 19.1. The Balaban J connectivity index is 2.04. The maximum absolute atomic E-state index is 13.5. The highest BCUT2D eigenvalue weighted by Gasteiger charge is 2.21. The number of aryl methyl sites for hydroxylation is 2. The van der Waals surface area contributed by atoms with Crippen LogP contribution in [-0.4, -0.2) is 29.7 Å². The molecule has 31 heavy (non-hydrogen) atoms. The minimum Gasteiger partial charge on any atom is -0.390 e. The molecular formula is C25H34F2N2O2. The van der Waals surface area contributed by atoms with Crippen molar-refractivity contribution in [1.29, 1.82) is 0 Å². The van der Waals surface area contributed by atoms with Gasteiger partial charge in [0.1, 0.15) is 11.6 Å². The first kappa shape index (κ1) is 25.0. The smallest absolute Gasteiger partial charge is 0.217 e. The van der Waals surface area contributed by atoms with Gasteiger partial charge in [-0.15, -0.1) is 0 Å². The summed E-state index contributed by atoms with van der Waals surface area (Å²) in [7, 11) is 0. The monoisotopic (exact) mass is 432 g/mol. The van der Waals surface area contributed by atoms with Crippen LogP contribution < -0.4 is 10.6 Å². The van der Waals surface area contributed by atoms with Crippen molar-refractivity contribution in [1.82, 2.24) is 10.6 Å². The van der Waals surface area contributed by atoms with Crippen LogP contribution in [0.2, 0.25) is 0 Å². The quantitative estimate of drug-likeness (QED) is 0.474. The van der Waals surface area contributed by atoms with E-state index in [1.165, 1.54) is 35.7 Å². The number of rotatable bonds is 12. The number of hydrogen-bond donors (Lipinski definition) is 3. The van der Waals surface area contributed by atoms with E-state index in [0.717, 1.165) is 31.7 Å². The van der Waals surface area contributed by atoms with E-state index in [4.69, 9.17) is 0 Å². The fourth-order valence-corrected chi connectivity index (χ4v) is 3.83. The first-order valence-corrected chi connectivity index (χ1v) is 11.0. The molecule has 1 amide bonds. The van der Waals surface area contributed by atoms with Gasteiger partial charge in [-0.25, -0.2) is 8.78 Å². The van der Waals surface area contributed by atoms with Crippen molar-refractivity contribution < 1.29 is 18.7 Å². The second kappa shape index (κ2) is 12.5. The zero-order chi connectivity index (χ0) is 22.8. The van der Waals surface area contributed by atoms with Crippen LogP contribution in [0.3, 0.4) is 0 Å². The van der Waals surface area contributed by atoms with Crippen LogP contribution in [0.5, 0.6) is 0 Å². The normalized spacial score (nSPS) is 13.1. The molecule has 2 rings (SSSR count). The first-order chi connectivity index (χ1) is 14.8. The van der Waals surface area contributed by atoms with Crippen LogP contribution in [-0.2, 0) is 30.6 Å². The van der Waals surface area contributed by atoms with Crippen molar-refractivity contribution in [3.63, 3.8) is 0 Å². The molecule has 0 saturated carbocycles. The fraction of sp³-hybridized carbons (Fsp3) is 0.480. The molecule has 0 bridgehead atoms. The summed E-state index contributed by atoms with van der Waals surface area (Å²) in [5.41, 5.74) is 4.18. The Morgan fingerprint density at radius 2 is 1.65 bits per heavy atom. The Kier molecular flexibility index (Phi) is 10.1. The lowest BCUT2D eigenvalue weighted by atomic mass is 9.98. The molecule has 6 heteroatoms. The summed E-state index contributed by atoms with van der Waals surface area (Å²) in [6, 6.07) is 9.15. The van der Waals surface area contributed by atoms with E-state index in [-0.39, 0.29) is 18.9 Å². The van der Waals surface area contributed by atoms with Gasteiger partial charge in [-0.3, -0.25) is 4.79 Å². The summed E-state index contributed by atoms with van der Waals surface area (Å²) < 4.78 is 27.0. The van der Waals surface area contributed by atoms with Crippen LogP contribution in [0.25, 0.3) is 0 Å². The predicted octanol–water partition coefficient (Wildman–Crippen LogP) is 4.07. The van der Waals surface area contributed by atoms with Crippen LogP contribution in [0.15, 0.2) is 36.4 Å². The lowest BCUT2D eigenvalue weighted by molar-refractivity contribution is -0.120. The molecule has 2 aromatic carbocycles. The van der Waals surface area contributed by atoms with Crippen LogP contribution in [0.1, 0.15) is 55.9 Å². The Morgan fingerprint density at radius 3 is 2.26 bits per heavy atom. The Morgan fingerprint density at radius 1 is 0.968 bits per heavy atom. The van der Waals surface area contributed by atoms with Crippen molar-refractivity contribution in [3.05, 3.63) is 70.3 Å². The van der Waals surface area contributed by atoms with Crippen LogP contribution in [0, 0.1) is 11.6 Å². The number of hydrogen-bond acceptors (Lipinski definition) is 3. The van der Waals surface area contributed by atoms with E-state index in [1.807, 2.05) is 0 Å². The molecule has 4 nitrogen and oxygen atoms in total. The molecule has 0 unspecified atom stereocenters. The highest BCUT2D eigenvalue weighted by Crippen LogP contribution is 2.16. The average molecular weight is 433 g/mol. The average Bonchev–Trinajstić information content (AvgIpc) is 2.68. The van der Waals surface area contributed by atoms with Gasteiger partial charge in [0, 0.05) is 26.1 Å². The molecule has 0 aliphatic heterocycles. The summed E-state index contributed by atoms with van der Waals surface area (Å²) >= 11 is 0. The number of nitrogens with one attached hydrogen (secondary N) is 2. The van der Waals surface area contributed by atoms with Gasteiger partial charge in [0.25, 0.3) is 0 Å². The Bertz CT molecular complexity index is 837. The van der Waals surface area contributed by atoms with Gasteiger partial charge in [-0.2, -0.15) is 0 Å². The summed E-state index contributed by atoms with van der Waals surface area (Å²) in [6.45, 7) is 6.50. The summed E-state index contributed by atoms with van der Waals surface area (Å²) in [6.07, 6.45) is 3.37. The summed E-state index contributed by atoms with van der Waals surface area (Å²) in [5.74, 6) is -1.67. The van der Waals surface area contributed by atoms with Gasteiger partial charge in [-0.1, -0.05) is 44.9 Å². The summed E-state index contributed by atoms with van der Waals surface area (Å²) in [5, 5.41) is 16.7. The molecule has 2 atom stereocenters. The number of aliphatic hydroxyl groups excluding tert-OH is 1. The third-order valence-corrected chi connectivity index (χ3v) is 5.23. The third-order valence-electron chi connectivity index (χ3n) is 5.23. The van der Waals surface area contributed by atoms with Crippen LogP contribution in [0.4, 0.5) is 8.78 Å². The molecule has 170 valence electrons. The standard InChI is InChI=1S/C25H34F2N2O2/c1-4-6-18-8-9-20(7-5-2)21(10-18)15-28-16-25(31)24(29-17(3)30)13-19-11-22(26)14-23(27)12-19/h8-12,14,24-25,28,31H,4-7,13,15-16H2,1-3H3,(H,29,30)/t24-,25+/m0/s1. The topological polar surface area (TPSA) is 61.4 Å². The molecule has 0 heterocycles. The first-order valence-electron chi connectivity index (χ1n) is 11.0. The molecule has 0 spiro atoms. The van der Waals surface area contributed by atoms with Crippen molar-refractivity contribution in [2.24, 2.45) is 0 Å². The van der Waals surface area contributed by atoms with E-state index >= 15 is 0 Å². The van der Waals surface area contributed by atoms with Crippen molar-refractivity contribution in [2.75, 3.05) is 6.54 Å². The number of amides is 1. The zero-order valence-electron chi connectivity index (χ0n) is 18.7. The highest BCUT2D eigenvalue weighted by molar-refractivity contribution is 5.73. The van der Waals surface area contributed by atoms with Crippen LogP contribution >= 0.6 is 0 Å². The number of halogens is 2. The van der Waals surface area contributed by atoms with Gasteiger partial charge in [0.15, 0.2) is 0 Å². The molecule has 2 aromatic rings. The molecule has 0 aromatic heterocycles. The second-order valence-electron chi connectivity index (χ2n) is 8.09. The maximum atomic E-state index is 13.5. The van der Waals surface area contributed by atoms with E-state index < -0.39 is 23.8 Å². The molecule has 3 N–H and O–H groups in total. The lowest BCUT2D eigenvalue weighted by Crippen LogP contribution is -2.48. The van der Waals surface area contributed by atoms with Crippen molar-refractivity contribution in [2.45, 2.75) is 71.6 Å². The summed E-state index contributed by atoms with van der Waals surface area (Å²) in [4.78, 5) is 11.6. The third kappa shape index (κ3) is 8.38. The van der Waals surface area contributed by atoms with E-state index in [1.54, 1.807) is 0 Å². The fourth-order valence-electron chi connectivity index (χ4n) is 3.83. The van der Waals surface area contributed by atoms with Gasteiger partial charge >= 0.3 is 0 Å². The van der Waals surface area contributed by atoms with Gasteiger partial charge < -0.3 is 15.7 Å². The number of aliphatic hydroxyl groups is 1. The van der Waals surface area contributed by atoms with E-state index in [9.17, 15) is 18.7 Å². The second-order valence-corrected chi connectivity index (χ2v) is 8.09. The van der Waals surface area contributed by atoms with E-state index in [0.29, 0.717) is 12.1 Å². The van der Waals surface area contributed by atoms with Gasteiger partial charge in [0.2, 0.25) is 5.91 Å². The molecule has 0 saturated heterocycles. The molecule has 0 aliphatic carbocycles. The lowest BCUT2D eigenvalue weighted by Gasteiger charge is -2.24. The SMILES string of the molecule is CCCc1ccc(CCC)c(CNC[C@@H](O)[C@H](Cc2cc(F)cc(F)c2)NC(C)=O)c1. The number of carbonyl (C=O) groups is 1. The largest absolute Gasteiger partial charge is 0.390 e. The molecule has 0 aliphatic rings. The van der Waals surface area contributed by atoms with Gasteiger partial charge in [0.05, 0.1) is 12.1 Å². The van der Waals surface area contributed by atoms with E-state index in [2.05, 4.69) is 42.7 Å². The Hall–Kier alpha value is -2.31. The minimum absolute atomic E-state index is 0.129. The maximum Gasteiger partial charge on any atom is 0.217 e. The zero-order valence-corrected chi connectivity index (χ0v) is 18.7. The van der Waals surface area contributed by atoms with Gasteiger partial charge in [-0.05, 0) is 53.6 Å². The predicted molar refractivity (Wildman–Crippen MR) is 120 cm³/mol. The van der Waals surface area contributed by atoms with Crippen molar-refractivity contribution >= 4 is 5.91 Å². The molecule has 0 fully saturated rings. The minimum atomic E-state index is -0.913. The Labute approximate surface area is 184 Å².